The molecule has 3 atom stereocenters. The van der Waals surface area contributed by atoms with Crippen LogP contribution in [0.3, 0.4) is 0 Å². The van der Waals surface area contributed by atoms with Crippen molar-refractivity contribution in [2.24, 2.45) is 11.7 Å². The predicted molar refractivity (Wildman–Crippen MR) is 141 cm³/mol. The fourth-order valence-corrected chi connectivity index (χ4v) is 4.65. The molecule has 0 spiro atoms. The van der Waals surface area contributed by atoms with E-state index in [1.807, 2.05) is 37.3 Å². The average molecular weight is 491 g/mol. The fourth-order valence-electron chi connectivity index (χ4n) is 4.65. The van der Waals surface area contributed by atoms with Crippen LogP contribution in [0, 0.1) is 11.7 Å². The second kappa shape index (κ2) is 10.9. The highest BCUT2D eigenvalue weighted by molar-refractivity contribution is 5.95. The number of aromatic nitrogens is 1. The fraction of sp³-hybridized carbons (Fsp3) is 0.379. The smallest absolute Gasteiger partial charge is 0.241 e. The topological polar surface area (TPSA) is 100 Å². The third kappa shape index (κ3) is 5.81. The highest BCUT2D eigenvalue weighted by Gasteiger charge is 2.42. The van der Waals surface area contributed by atoms with E-state index in [0.29, 0.717) is 29.2 Å². The first-order valence-electron chi connectivity index (χ1n) is 12.5. The van der Waals surface area contributed by atoms with Gasteiger partial charge >= 0.3 is 0 Å². The van der Waals surface area contributed by atoms with E-state index in [-0.39, 0.29) is 18.7 Å². The summed E-state index contributed by atoms with van der Waals surface area (Å²) in [5.41, 5.74) is 6.75. The SMILES string of the molecule is C=C(/C=C\C=C/C)[C@]1(O)CN[C@@H](C(=O)Nc2cc(C(N)(CCC3CC3)c3ccccn3)ccc2F)C1. The number of benzene rings is 1. The first kappa shape index (κ1) is 25.9. The number of amides is 1. The lowest BCUT2D eigenvalue weighted by molar-refractivity contribution is -0.118. The van der Waals surface area contributed by atoms with Gasteiger partial charge < -0.3 is 21.5 Å². The third-order valence-corrected chi connectivity index (χ3v) is 7.20. The van der Waals surface area contributed by atoms with Gasteiger partial charge in [-0.25, -0.2) is 4.39 Å². The van der Waals surface area contributed by atoms with Crippen molar-refractivity contribution in [3.63, 3.8) is 0 Å². The quantitative estimate of drug-likeness (QED) is 0.372. The zero-order valence-corrected chi connectivity index (χ0v) is 20.7. The number of anilines is 1. The molecule has 0 bridgehead atoms. The summed E-state index contributed by atoms with van der Waals surface area (Å²) in [7, 11) is 0. The Morgan fingerprint density at radius 1 is 1.36 bits per heavy atom. The molecule has 1 saturated carbocycles. The van der Waals surface area contributed by atoms with Crippen molar-refractivity contribution in [2.75, 3.05) is 11.9 Å². The first-order valence-corrected chi connectivity index (χ1v) is 12.5. The molecule has 1 aliphatic heterocycles. The molecule has 5 N–H and O–H groups in total. The summed E-state index contributed by atoms with van der Waals surface area (Å²) >= 11 is 0. The van der Waals surface area contributed by atoms with Gasteiger partial charge in [0.2, 0.25) is 5.91 Å². The van der Waals surface area contributed by atoms with Crippen LogP contribution in [-0.4, -0.2) is 34.2 Å². The van der Waals surface area contributed by atoms with Crippen LogP contribution in [0.1, 0.15) is 50.3 Å². The maximum atomic E-state index is 14.8. The van der Waals surface area contributed by atoms with Gasteiger partial charge in [0.15, 0.2) is 0 Å². The summed E-state index contributed by atoms with van der Waals surface area (Å²) in [4.78, 5) is 17.5. The van der Waals surface area contributed by atoms with E-state index in [4.69, 9.17) is 5.73 Å². The number of β-amino-alcohol motifs (C(OH)–C–C–N with tert-alkyl or cyclic N) is 1. The summed E-state index contributed by atoms with van der Waals surface area (Å²) in [5, 5.41) is 16.7. The highest BCUT2D eigenvalue weighted by Crippen LogP contribution is 2.40. The number of hydrogen-bond donors (Lipinski definition) is 4. The number of carbonyl (C=O) groups is 1. The lowest BCUT2D eigenvalue weighted by atomic mass is 9.82. The minimum absolute atomic E-state index is 0.0544. The van der Waals surface area contributed by atoms with Crippen LogP contribution in [-0.2, 0) is 10.3 Å². The Bertz CT molecular complexity index is 1160. The van der Waals surface area contributed by atoms with Gasteiger partial charge in [-0.3, -0.25) is 9.78 Å². The molecule has 1 saturated heterocycles. The lowest BCUT2D eigenvalue weighted by Crippen LogP contribution is -2.39. The lowest BCUT2D eigenvalue weighted by Gasteiger charge is -2.30. The second-order valence-corrected chi connectivity index (χ2v) is 9.93. The maximum absolute atomic E-state index is 14.8. The van der Waals surface area contributed by atoms with Crippen LogP contribution in [0.15, 0.2) is 79.1 Å². The Morgan fingerprint density at radius 2 is 2.17 bits per heavy atom. The van der Waals surface area contributed by atoms with E-state index in [9.17, 15) is 14.3 Å². The van der Waals surface area contributed by atoms with Gasteiger partial charge in [0.25, 0.3) is 0 Å². The van der Waals surface area contributed by atoms with Crippen molar-refractivity contribution in [3.05, 3.63) is 96.1 Å². The van der Waals surface area contributed by atoms with Crippen molar-refractivity contribution in [1.29, 1.82) is 0 Å². The summed E-state index contributed by atoms with van der Waals surface area (Å²) in [6.45, 7) is 6.03. The molecule has 190 valence electrons. The zero-order chi connectivity index (χ0) is 25.8. The predicted octanol–water partition coefficient (Wildman–Crippen LogP) is 4.33. The Hall–Kier alpha value is -3.13. The normalized spacial score (nSPS) is 23.7. The monoisotopic (exact) mass is 490 g/mol. The van der Waals surface area contributed by atoms with Crippen molar-refractivity contribution in [1.82, 2.24) is 10.3 Å². The van der Waals surface area contributed by atoms with Crippen LogP contribution in [0.4, 0.5) is 10.1 Å². The molecule has 36 heavy (non-hydrogen) atoms. The van der Waals surface area contributed by atoms with Crippen LogP contribution < -0.4 is 16.4 Å². The van der Waals surface area contributed by atoms with Gasteiger partial charge in [-0.1, -0.05) is 55.9 Å². The van der Waals surface area contributed by atoms with Gasteiger partial charge in [0.1, 0.15) is 11.4 Å². The number of hydrogen-bond acceptors (Lipinski definition) is 5. The number of aliphatic hydroxyl groups is 1. The Morgan fingerprint density at radius 3 is 2.86 bits per heavy atom. The van der Waals surface area contributed by atoms with Gasteiger partial charge in [0.05, 0.1) is 23.0 Å². The number of allylic oxidation sites excluding steroid dienone is 3. The summed E-state index contributed by atoms with van der Waals surface area (Å²) in [6, 6.07) is 9.52. The van der Waals surface area contributed by atoms with E-state index in [1.54, 1.807) is 30.5 Å². The van der Waals surface area contributed by atoms with Crippen molar-refractivity contribution in [2.45, 2.75) is 56.2 Å². The molecule has 6 nitrogen and oxygen atoms in total. The Balaban J connectivity index is 1.52. The van der Waals surface area contributed by atoms with E-state index in [1.165, 1.54) is 18.9 Å². The third-order valence-electron chi connectivity index (χ3n) is 7.20. The van der Waals surface area contributed by atoms with E-state index >= 15 is 0 Å². The molecule has 1 amide bonds. The molecular formula is C29H35FN4O2. The number of nitrogens with one attached hydrogen (secondary N) is 2. The summed E-state index contributed by atoms with van der Waals surface area (Å²) in [5.74, 6) is -0.304. The van der Waals surface area contributed by atoms with Gasteiger partial charge in [-0.15, -0.1) is 0 Å². The molecule has 1 aromatic heterocycles. The molecule has 2 aromatic rings. The molecule has 0 radical (unpaired) electrons. The van der Waals surface area contributed by atoms with Gasteiger partial charge in [-0.2, -0.15) is 0 Å². The summed E-state index contributed by atoms with van der Waals surface area (Å²) in [6.07, 6.45) is 13.1. The Kier molecular flexibility index (Phi) is 7.83. The van der Waals surface area contributed by atoms with Crippen LogP contribution in [0.5, 0.6) is 0 Å². The van der Waals surface area contributed by atoms with Crippen LogP contribution in [0.2, 0.25) is 0 Å². The minimum atomic E-state index is -1.26. The number of rotatable bonds is 10. The molecule has 4 rings (SSSR count). The molecular weight excluding hydrogens is 455 g/mol. The standard InChI is InChI=1S/C29H35FN4O2/c1-3-4-5-8-20(2)28(36)18-25(33-19-28)27(35)34-24-17-22(12-13-23(24)30)29(31,15-14-21-10-11-21)26-9-6-7-16-32-26/h3-9,12-13,16-17,21,25,33,36H,2,10-11,14-15,18-19,31H2,1H3,(H,34,35)/b4-3-,8-5-/t25-,28-,29?/m1/s1. The minimum Gasteiger partial charge on any atom is -0.384 e. The van der Waals surface area contributed by atoms with E-state index in [0.717, 1.165) is 6.42 Å². The van der Waals surface area contributed by atoms with Gasteiger partial charge in [-0.05, 0) is 61.1 Å². The largest absolute Gasteiger partial charge is 0.384 e. The molecule has 2 heterocycles. The van der Waals surface area contributed by atoms with E-state index < -0.39 is 28.9 Å². The van der Waals surface area contributed by atoms with Crippen LogP contribution in [0.25, 0.3) is 0 Å². The molecule has 1 aromatic carbocycles. The second-order valence-electron chi connectivity index (χ2n) is 9.93. The number of halogens is 1. The molecule has 7 heteroatoms. The van der Waals surface area contributed by atoms with Crippen LogP contribution >= 0.6 is 0 Å². The molecule has 1 unspecified atom stereocenters. The summed E-state index contributed by atoms with van der Waals surface area (Å²) < 4.78 is 14.8. The molecule has 2 aliphatic rings. The van der Waals surface area contributed by atoms with Crippen molar-refractivity contribution < 1.29 is 14.3 Å². The number of nitrogens with two attached hydrogens (primary N) is 1. The van der Waals surface area contributed by atoms with Crippen molar-refractivity contribution in [3.8, 4) is 0 Å². The number of nitrogens with zero attached hydrogens (tertiary/aromatic N) is 1. The number of pyridine rings is 1. The Labute approximate surface area is 212 Å². The average Bonchev–Trinajstić information content (AvgIpc) is 3.63. The highest BCUT2D eigenvalue weighted by atomic mass is 19.1. The molecule has 2 fully saturated rings. The van der Waals surface area contributed by atoms with Gasteiger partial charge in [0, 0.05) is 19.2 Å². The molecule has 1 aliphatic carbocycles. The zero-order valence-electron chi connectivity index (χ0n) is 20.7. The first-order chi connectivity index (χ1) is 17.2. The maximum Gasteiger partial charge on any atom is 0.241 e. The van der Waals surface area contributed by atoms with E-state index in [2.05, 4.69) is 22.2 Å². The number of carbonyl (C=O) groups excluding carboxylic acids is 1. The van der Waals surface area contributed by atoms with Crippen molar-refractivity contribution >= 4 is 11.6 Å².